The SMILES string of the molecule is O=C=NCCC(F)(F)CC(F)(F)C(F)(F)C(F)(F)CN=C=O. The maximum absolute atomic E-state index is 13.2. The molecule has 0 spiro atoms. The first-order chi connectivity index (χ1) is 9.83. The number of halogens is 8. The Bertz CT molecular complexity index is 481. The van der Waals surface area contributed by atoms with Crippen LogP contribution >= 0.6 is 0 Å². The van der Waals surface area contributed by atoms with Gasteiger partial charge in [0, 0.05) is 6.42 Å². The van der Waals surface area contributed by atoms with Gasteiger partial charge in [-0.05, 0) is 0 Å². The van der Waals surface area contributed by atoms with Gasteiger partial charge in [-0.2, -0.15) is 31.3 Å². The van der Waals surface area contributed by atoms with Crippen molar-refractivity contribution < 1.29 is 44.7 Å². The van der Waals surface area contributed by atoms with Gasteiger partial charge in [0.15, 0.2) is 0 Å². The Kier molecular flexibility index (Phi) is 6.40. The molecule has 0 saturated heterocycles. The van der Waals surface area contributed by atoms with Gasteiger partial charge in [0.2, 0.25) is 12.2 Å². The highest BCUT2D eigenvalue weighted by Crippen LogP contribution is 2.50. The number of aliphatic imine (C=N–C) groups is 2. The van der Waals surface area contributed by atoms with Gasteiger partial charge >= 0.3 is 17.8 Å². The third-order valence-electron chi connectivity index (χ3n) is 2.40. The largest absolute Gasteiger partial charge is 0.374 e. The predicted molar refractivity (Wildman–Crippen MR) is 55.0 cm³/mol. The highest BCUT2D eigenvalue weighted by Gasteiger charge is 2.72. The number of alkyl halides is 8. The lowest BCUT2D eigenvalue weighted by Gasteiger charge is -2.33. The van der Waals surface area contributed by atoms with Crippen molar-refractivity contribution in [3.05, 3.63) is 0 Å². The fourth-order valence-corrected chi connectivity index (χ4v) is 1.29. The Morgan fingerprint density at radius 3 is 1.73 bits per heavy atom. The molecular formula is C10H8F8N2O2. The van der Waals surface area contributed by atoms with Gasteiger partial charge in [0.25, 0.3) is 5.92 Å². The fourth-order valence-electron chi connectivity index (χ4n) is 1.29. The molecule has 0 aliphatic rings. The topological polar surface area (TPSA) is 58.9 Å². The van der Waals surface area contributed by atoms with Crippen LogP contribution in [-0.4, -0.2) is 48.9 Å². The lowest BCUT2D eigenvalue weighted by atomic mass is 9.97. The maximum Gasteiger partial charge on any atom is 0.374 e. The highest BCUT2D eigenvalue weighted by molar-refractivity contribution is 5.33. The van der Waals surface area contributed by atoms with Gasteiger partial charge < -0.3 is 0 Å². The second-order valence-corrected chi connectivity index (χ2v) is 4.15. The molecule has 0 bridgehead atoms. The van der Waals surface area contributed by atoms with Gasteiger partial charge in [-0.25, -0.2) is 23.4 Å². The first-order valence-electron chi connectivity index (χ1n) is 5.41. The number of isocyanates is 2. The smallest absolute Gasteiger partial charge is 0.211 e. The predicted octanol–water partition coefficient (Wildman–Crippen LogP) is 2.98. The Labute approximate surface area is 117 Å². The average Bonchev–Trinajstić information content (AvgIpc) is 2.34. The Hall–Kier alpha value is -1.80. The summed E-state index contributed by atoms with van der Waals surface area (Å²) in [4.78, 5) is 23.9. The molecule has 0 aliphatic carbocycles. The molecule has 4 nitrogen and oxygen atoms in total. The summed E-state index contributed by atoms with van der Waals surface area (Å²) in [6, 6.07) is 0. The molecule has 0 heterocycles. The van der Waals surface area contributed by atoms with E-state index in [1.807, 2.05) is 0 Å². The molecule has 0 amide bonds. The van der Waals surface area contributed by atoms with E-state index < -0.39 is 49.6 Å². The minimum atomic E-state index is -6.18. The zero-order valence-electron chi connectivity index (χ0n) is 10.6. The lowest BCUT2D eigenvalue weighted by molar-refractivity contribution is -0.318. The normalized spacial score (nSPS) is 13.3. The molecule has 0 rings (SSSR count). The Morgan fingerprint density at radius 1 is 0.773 bits per heavy atom. The van der Waals surface area contributed by atoms with Crippen molar-refractivity contribution in [1.82, 2.24) is 0 Å². The van der Waals surface area contributed by atoms with E-state index in [0.29, 0.717) is 6.08 Å². The number of carbonyl (C=O) groups excluding carboxylic acids is 2. The van der Waals surface area contributed by atoms with Crippen LogP contribution in [0.15, 0.2) is 9.98 Å². The van der Waals surface area contributed by atoms with Crippen LogP contribution < -0.4 is 0 Å². The molecule has 0 aromatic heterocycles. The van der Waals surface area contributed by atoms with Gasteiger partial charge in [-0.15, -0.1) is 0 Å². The van der Waals surface area contributed by atoms with E-state index in [4.69, 9.17) is 0 Å². The molecule has 126 valence electrons. The van der Waals surface area contributed by atoms with Crippen molar-refractivity contribution in [2.24, 2.45) is 9.98 Å². The molecule has 0 unspecified atom stereocenters. The third kappa shape index (κ3) is 4.88. The minimum absolute atomic E-state index is 0.450. The molecule has 0 aliphatic heterocycles. The molecule has 0 fully saturated rings. The fraction of sp³-hybridized carbons (Fsp3) is 0.800. The number of hydrogen-bond donors (Lipinski definition) is 0. The van der Waals surface area contributed by atoms with E-state index in [9.17, 15) is 44.7 Å². The number of rotatable bonds is 9. The van der Waals surface area contributed by atoms with E-state index in [-0.39, 0.29) is 0 Å². The number of nitrogens with zero attached hydrogens (tertiary/aromatic N) is 2. The van der Waals surface area contributed by atoms with Crippen LogP contribution in [0.3, 0.4) is 0 Å². The molecule has 0 N–H and O–H groups in total. The second kappa shape index (κ2) is 6.97. The summed E-state index contributed by atoms with van der Waals surface area (Å²) in [5.74, 6) is -22.0. The maximum atomic E-state index is 13.2. The van der Waals surface area contributed by atoms with E-state index in [1.165, 1.54) is 0 Å². The van der Waals surface area contributed by atoms with Crippen molar-refractivity contribution in [3.63, 3.8) is 0 Å². The lowest BCUT2D eigenvalue weighted by Crippen LogP contribution is -2.57. The highest BCUT2D eigenvalue weighted by atomic mass is 19.3. The molecule has 12 heteroatoms. The van der Waals surface area contributed by atoms with E-state index in [0.717, 1.165) is 6.08 Å². The summed E-state index contributed by atoms with van der Waals surface area (Å²) in [5, 5.41) is 0. The van der Waals surface area contributed by atoms with Crippen LogP contribution in [0.5, 0.6) is 0 Å². The Morgan fingerprint density at radius 2 is 1.27 bits per heavy atom. The summed E-state index contributed by atoms with van der Waals surface area (Å²) in [6.07, 6.45) is -3.17. The van der Waals surface area contributed by atoms with Crippen molar-refractivity contribution in [2.45, 2.75) is 36.5 Å². The first-order valence-corrected chi connectivity index (χ1v) is 5.41. The molecular weight excluding hydrogens is 332 g/mol. The first kappa shape index (κ1) is 20.2. The summed E-state index contributed by atoms with van der Waals surface area (Å²) >= 11 is 0. The standard InChI is InChI=1S/C10H8F8N2O2/c11-7(12,1-2-19-5-21)3-8(13,14)10(17,18)9(15,16)4-20-6-22/h1-4H2. The van der Waals surface area contributed by atoms with Crippen molar-refractivity contribution in [2.75, 3.05) is 13.1 Å². The summed E-state index contributed by atoms with van der Waals surface area (Å²) in [6.45, 7) is -3.33. The molecule has 0 atom stereocenters. The summed E-state index contributed by atoms with van der Waals surface area (Å²) in [7, 11) is 0. The molecule has 0 saturated carbocycles. The van der Waals surface area contributed by atoms with Crippen LogP contribution in [0.1, 0.15) is 12.8 Å². The molecule has 0 aromatic rings. The van der Waals surface area contributed by atoms with E-state index >= 15 is 0 Å². The van der Waals surface area contributed by atoms with Gasteiger partial charge in [-0.3, -0.25) is 0 Å². The zero-order valence-corrected chi connectivity index (χ0v) is 10.6. The summed E-state index contributed by atoms with van der Waals surface area (Å²) in [5.41, 5.74) is 0. The zero-order chi connectivity index (χ0) is 17.7. The van der Waals surface area contributed by atoms with Crippen LogP contribution in [0.4, 0.5) is 35.1 Å². The van der Waals surface area contributed by atoms with Crippen molar-refractivity contribution >= 4 is 12.2 Å². The molecule has 22 heavy (non-hydrogen) atoms. The van der Waals surface area contributed by atoms with Crippen molar-refractivity contribution in [1.29, 1.82) is 0 Å². The third-order valence-corrected chi connectivity index (χ3v) is 2.40. The second-order valence-electron chi connectivity index (χ2n) is 4.15. The number of hydrogen-bond acceptors (Lipinski definition) is 4. The minimum Gasteiger partial charge on any atom is -0.211 e. The quantitative estimate of drug-likeness (QED) is 0.368. The Balaban J connectivity index is 5.25. The monoisotopic (exact) mass is 340 g/mol. The summed E-state index contributed by atoms with van der Waals surface area (Å²) < 4.78 is 105. The van der Waals surface area contributed by atoms with Gasteiger partial charge in [0.1, 0.15) is 6.54 Å². The van der Waals surface area contributed by atoms with Crippen molar-refractivity contribution in [3.8, 4) is 0 Å². The molecule has 0 aromatic carbocycles. The van der Waals surface area contributed by atoms with Crippen LogP contribution in [0.2, 0.25) is 0 Å². The van der Waals surface area contributed by atoms with Gasteiger partial charge in [0.05, 0.1) is 13.0 Å². The van der Waals surface area contributed by atoms with Gasteiger partial charge in [-0.1, -0.05) is 0 Å². The van der Waals surface area contributed by atoms with Crippen LogP contribution in [0.25, 0.3) is 0 Å². The van der Waals surface area contributed by atoms with E-state index in [1.54, 1.807) is 0 Å². The molecule has 0 radical (unpaired) electrons. The van der Waals surface area contributed by atoms with Crippen LogP contribution in [-0.2, 0) is 9.59 Å². The van der Waals surface area contributed by atoms with Crippen LogP contribution in [0, 0.1) is 0 Å². The van der Waals surface area contributed by atoms with E-state index in [2.05, 4.69) is 9.98 Å². The average molecular weight is 340 g/mol.